The van der Waals surface area contributed by atoms with Gasteiger partial charge in [0.05, 0.1) is 0 Å². The fraction of sp³-hybridized carbons (Fsp3) is 0.800. The Morgan fingerprint density at radius 1 is 1.50 bits per heavy atom. The molecule has 0 heterocycles. The van der Waals surface area contributed by atoms with E-state index in [9.17, 15) is 9.59 Å². The molecule has 0 aromatic rings. The smallest absolute Gasteiger partial charge is 0.325 e. The molecule has 0 radical (unpaired) electrons. The van der Waals surface area contributed by atoms with Gasteiger partial charge in [0.15, 0.2) is 0 Å². The summed E-state index contributed by atoms with van der Waals surface area (Å²) in [6, 6.07) is -1.06. The number of nitrogens with zero attached hydrogens (tertiary/aromatic N) is 1. The van der Waals surface area contributed by atoms with Gasteiger partial charge in [-0.25, -0.2) is 4.79 Å². The van der Waals surface area contributed by atoms with Crippen molar-refractivity contribution in [3.8, 4) is 0 Å². The molecule has 2 N–H and O–H groups in total. The first kappa shape index (κ1) is 15.1. The molecule has 0 aromatic heterocycles. The summed E-state index contributed by atoms with van der Waals surface area (Å²) in [6.07, 6.45) is 2.83. The van der Waals surface area contributed by atoms with Crippen molar-refractivity contribution in [1.29, 1.82) is 0 Å². The van der Waals surface area contributed by atoms with E-state index in [0.717, 1.165) is 12.2 Å². The normalized spacial score (nSPS) is 14.0. The Morgan fingerprint density at radius 2 is 2.06 bits per heavy atom. The number of carbonyl (C=O) groups excluding carboxylic acids is 1. The van der Waals surface area contributed by atoms with E-state index < -0.39 is 12.0 Å². The molecule has 0 spiro atoms. The molecule has 1 unspecified atom stereocenters. The third kappa shape index (κ3) is 4.74. The molecule has 6 heteroatoms. The van der Waals surface area contributed by atoms with Gasteiger partial charge in [0.2, 0.25) is 0 Å². The fourth-order valence-electron chi connectivity index (χ4n) is 1.21. The number of amides is 2. The zero-order valence-corrected chi connectivity index (χ0v) is 11.0. The van der Waals surface area contributed by atoms with Crippen molar-refractivity contribution >= 4 is 23.8 Å². The van der Waals surface area contributed by atoms with Gasteiger partial charge >= 0.3 is 12.0 Å². The maximum Gasteiger partial charge on any atom is 0.325 e. The predicted octanol–water partition coefficient (Wildman–Crippen LogP) is 1.24. The summed E-state index contributed by atoms with van der Waals surface area (Å²) < 4.78 is 0. The van der Waals surface area contributed by atoms with Crippen LogP contribution in [0.1, 0.15) is 20.3 Å². The fourth-order valence-corrected chi connectivity index (χ4v) is 2.05. The predicted molar refractivity (Wildman–Crippen MR) is 65.9 cm³/mol. The van der Waals surface area contributed by atoms with Gasteiger partial charge < -0.3 is 15.3 Å². The van der Waals surface area contributed by atoms with E-state index in [4.69, 9.17) is 5.11 Å². The van der Waals surface area contributed by atoms with Crippen molar-refractivity contribution in [2.45, 2.75) is 32.4 Å². The number of hydrogen-bond acceptors (Lipinski definition) is 3. The summed E-state index contributed by atoms with van der Waals surface area (Å²) in [5, 5.41) is 11.1. The second-order valence-corrected chi connectivity index (χ2v) is 4.55. The first-order valence-electron chi connectivity index (χ1n) is 5.19. The van der Waals surface area contributed by atoms with Crippen molar-refractivity contribution in [3.05, 3.63) is 0 Å². The van der Waals surface area contributed by atoms with Gasteiger partial charge in [-0.05, 0) is 19.6 Å². The van der Waals surface area contributed by atoms with Crippen molar-refractivity contribution in [2.75, 3.05) is 19.1 Å². The van der Waals surface area contributed by atoms with Gasteiger partial charge in [-0.3, -0.25) is 4.79 Å². The van der Waals surface area contributed by atoms with Gasteiger partial charge in [-0.2, -0.15) is 11.8 Å². The van der Waals surface area contributed by atoms with E-state index in [0.29, 0.717) is 0 Å². The number of hydrogen-bond donors (Lipinski definition) is 2. The van der Waals surface area contributed by atoms with Crippen LogP contribution >= 0.6 is 11.8 Å². The van der Waals surface area contributed by atoms with Crippen LogP contribution in [0.4, 0.5) is 4.79 Å². The first-order valence-corrected chi connectivity index (χ1v) is 6.58. The zero-order valence-electron chi connectivity index (χ0n) is 10.2. The number of rotatable bonds is 6. The Hall–Kier alpha value is -0.910. The van der Waals surface area contributed by atoms with Crippen molar-refractivity contribution in [1.82, 2.24) is 10.2 Å². The maximum absolute atomic E-state index is 11.7. The van der Waals surface area contributed by atoms with Crippen LogP contribution in [0.15, 0.2) is 0 Å². The first-order chi connectivity index (χ1) is 7.43. The minimum atomic E-state index is -1.03. The molecule has 94 valence electrons. The summed E-state index contributed by atoms with van der Waals surface area (Å²) in [6.45, 7) is 3.45. The van der Waals surface area contributed by atoms with E-state index in [-0.39, 0.29) is 12.1 Å². The Morgan fingerprint density at radius 3 is 2.44 bits per heavy atom. The quantitative estimate of drug-likeness (QED) is 0.742. The Labute approximate surface area is 101 Å². The molecule has 16 heavy (non-hydrogen) atoms. The van der Waals surface area contributed by atoms with Gasteiger partial charge in [-0.1, -0.05) is 6.92 Å². The summed E-state index contributed by atoms with van der Waals surface area (Å²) in [5.74, 6) is -0.179. The van der Waals surface area contributed by atoms with Crippen LogP contribution in [-0.4, -0.2) is 53.1 Å². The van der Waals surface area contributed by atoms with Crippen LogP contribution in [0, 0.1) is 0 Å². The largest absolute Gasteiger partial charge is 0.480 e. The number of carboxylic acid groups (broad SMARTS) is 1. The van der Waals surface area contributed by atoms with Crippen LogP contribution in [0.25, 0.3) is 0 Å². The number of aliphatic carboxylic acids is 1. The molecule has 0 aromatic carbocycles. The highest BCUT2D eigenvalue weighted by atomic mass is 32.2. The van der Waals surface area contributed by atoms with Crippen LogP contribution < -0.4 is 5.32 Å². The minimum Gasteiger partial charge on any atom is -0.480 e. The topological polar surface area (TPSA) is 69.6 Å². The lowest BCUT2D eigenvalue weighted by Gasteiger charge is -2.27. The number of carbonyl (C=O) groups is 2. The van der Waals surface area contributed by atoms with Crippen LogP contribution in [0.3, 0.4) is 0 Å². The van der Waals surface area contributed by atoms with E-state index in [2.05, 4.69) is 5.32 Å². The second-order valence-electron chi connectivity index (χ2n) is 3.64. The highest BCUT2D eigenvalue weighted by molar-refractivity contribution is 7.98. The van der Waals surface area contributed by atoms with E-state index >= 15 is 0 Å². The molecular weight excluding hydrogens is 228 g/mol. The Bertz CT molecular complexity index is 248. The zero-order chi connectivity index (χ0) is 12.7. The molecule has 0 saturated carbocycles. The second kappa shape index (κ2) is 7.38. The molecule has 2 amide bonds. The monoisotopic (exact) mass is 248 g/mol. The maximum atomic E-state index is 11.7. The number of nitrogens with one attached hydrogen (secondary N) is 1. The highest BCUT2D eigenvalue weighted by Crippen LogP contribution is 2.08. The van der Waals surface area contributed by atoms with Crippen LogP contribution in [0.2, 0.25) is 0 Å². The molecule has 2 atom stereocenters. The van der Waals surface area contributed by atoms with Crippen molar-refractivity contribution in [2.24, 2.45) is 0 Å². The molecule has 0 aliphatic rings. The third-order valence-corrected chi connectivity index (χ3v) is 3.13. The summed E-state index contributed by atoms with van der Waals surface area (Å²) in [4.78, 5) is 23.8. The average Bonchev–Trinajstić information content (AvgIpc) is 2.24. The molecule has 0 aliphatic carbocycles. The highest BCUT2D eigenvalue weighted by Gasteiger charge is 2.21. The van der Waals surface area contributed by atoms with E-state index in [1.54, 1.807) is 23.7 Å². The molecule has 0 saturated heterocycles. The molecule has 0 bridgehead atoms. The van der Waals surface area contributed by atoms with Crippen LogP contribution in [0.5, 0.6) is 0 Å². The van der Waals surface area contributed by atoms with Gasteiger partial charge in [0.1, 0.15) is 6.04 Å². The number of urea groups is 1. The molecule has 0 aliphatic heterocycles. The van der Waals surface area contributed by atoms with E-state index in [1.807, 2.05) is 13.2 Å². The molecule has 0 rings (SSSR count). The lowest BCUT2D eigenvalue weighted by molar-refractivity contribution is -0.138. The lowest BCUT2D eigenvalue weighted by atomic mass is 10.2. The van der Waals surface area contributed by atoms with E-state index in [1.165, 1.54) is 6.92 Å². The van der Waals surface area contributed by atoms with Crippen molar-refractivity contribution in [3.63, 3.8) is 0 Å². The van der Waals surface area contributed by atoms with Gasteiger partial charge in [-0.15, -0.1) is 0 Å². The summed E-state index contributed by atoms with van der Waals surface area (Å²) in [7, 11) is 1.69. The standard InChI is InChI=1S/C10H20N2O3S/c1-5-8(6-16-4)12(3)10(15)11-7(2)9(13)14/h7-8H,5-6H2,1-4H3,(H,11,15)(H,13,14)/t7-,8?/m0/s1. The summed E-state index contributed by atoms with van der Waals surface area (Å²) >= 11 is 1.67. The molecular formula is C10H20N2O3S. The minimum absolute atomic E-state index is 0.135. The van der Waals surface area contributed by atoms with Gasteiger partial charge in [0.25, 0.3) is 0 Å². The Kier molecular flexibility index (Phi) is 6.96. The Balaban J connectivity index is 4.30. The third-order valence-electron chi connectivity index (χ3n) is 2.41. The molecule has 5 nitrogen and oxygen atoms in total. The number of carboxylic acids is 1. The summed E-state index contributed by atoms with van der Waals surface area (Å²) in [5.41, 5.74) is 0. The van der Waals surface area contributed by atoms with Crippen molar-refractivity contribution < 1.29 is 14.7 Å². The lowest BCUT2D eigenvalue weighted by Crippen LogP contribution is -2.49. The SMILES string of the molecule is CCC(CSC)N(C)C(=O)N[C@@H](C)C(=O)O. The number of thioether (sulfide) groups is 1. The van der Waals surface area contributed by atoms with Crippen LogP contribution in [-0.2, 0) is 4.79 Å². The van der Waals surface area contributed by atoms with Gasteiger partial charge in [0, 0.05) is 18.8 Å². The average molecular weight is 248 g/mol. The molecule has 0 fully saturated rings.